The summed E-state index contributed by atoms with van der Waals surface area (Å²) in [6.07, 6.45) is 0. The minimum atomic E-state index is -0.452. The van der Waals surface area contributed by atoms with Crippen LogP contribution in [0.2, 0.25) is 0 Å². The molecule has 28 heavy (non-hydrogen) atoms. The fraction of sp³-hybridized carbons (Fsp3) is 0.200. The van der Waals surface area contributed by atoms with E-state index in [-0.39, 0.29) is 18.2 Å². The highest BCUT2D eigenvalue weighted by Gasteiger charge is 2.11. The lowest BCUT2D eigenvalue weighted by Crippen LogP contribution is -2.20. The minimum Gasteiger partial charge on any atom is -0.484 e. The van der Waals surface area contributed by atoms with Crippen molar-refractivity contribution >= 4 is 28.1 Å². The Morgan fingerprint density at radius 3 is 2.46 bits per heavy atom. The highest BCUT2D eigenvalue weighted by molar-refractivity contribution is 7.14. The summed E-state index contributed by atoms with van der Waals surface area (Å²) in [5.41, 5.74) is 2.61. The Balaban J connectivity index is 1.55. The van der Waals surface area contributed by atoms with E-state index in [4.69, 9.17) is 4.74 Å². The SMILES string of the molecule is CC(C)c1ccc(OCC(=O)Nc2nc(-c3ccc([N+](=O)[O-])cc3)cs2)cc1. The van der Waals surface area contributed by atoms with Crippen LogP contribution in [0.4, 0.5) is 10.8 Å². The molecule has 0 spiro atoms. The molecule has 1 N–H and O–H groups in total. The number of hydrogen-bond acceptors (Lipinski definition) is 6. The molecule has 3 rings (SSSR count). The molecule has 0 unspecified atom stereocenters. The van der Waals surface area contributed by atoms with E-state index in [2.05, 4.69) is 24.1 Å². The number of benzene rings is 2. The first kappa shape index (κ1) is 19.5. The van der Waals surface area contributed by atoms with E-state index < -0.39 is 4.92 Å². The van der Waals surface area contributed by atoms with Gasteiger partial charge in [0.25, 0.3) is 11.6 Å². The summed E-state index contributed by atoms with van der Waals surface area (Å²) in [5, 5.41) is 15.6. The molecular weight excluding hydrogens is 378 g/mol. The standard InChI is InChI=1S/C20H19N3O4S/c1-13(2)14-5-9-17(10-6-14)27-11-19(24)22-20-21-18(12-28-20)15-3-7-16(8-4-15)23(25)26/h3-10,12-13H,11H2,1-2H3,(H,21,22,24). The normalized spacial score (nSPS) is 10.7. The molecule has 0 aliphatic heterocycles. The molecule has 3 aromatic rings. The number of non-ortho nitro benzene ring substituents is 1. The first-order chi connectivity index (χ1) is 13.4. The Morgan fingerprint density at radius 1 is 1.18 bits per heavy atom. The van der Waals surface area contributed by atoms with Gasteiger partial charge in [0.05, 0.1) is 10.6 Å². The van der Waals surface area contributed by atoms with Gasteiger partial charge in [-0.15, -0.1) is 11.3 Å². The maximum Gasteiger partial charge on any atom is 0.269 e. The summed E-state index contributed by atoms with van der Waals surface area (Å²) in [6, 6.07) is 13.8. The molecule has 0 saturated heterocycles. The molecule has 2 aromatic carbocycles. The zero-order valence-electron chi connectivity index (χ0n) is 15.4. The Bertz CT molecular complexity index is 966. The molecule has 0 bridgehead atoms. The number of nitro benzene ring substituents is 1. The summed E-state index contributed by atoms with van der Waals surface area (Å²) in [4.78, 5) is 26.7. The highest BCUT2D eigenvalue weighted by atomic mass is 32.1. The topological polar surface area (TPSA) is 94.4 Å². The summed E-state index contributed by atoms with van der Waals surface area (Å²) in [6.45, 7) is 4.11. The number of rotatable bonds is 7. The second kappa shape index (κ2) is 8.62. The van der Waals surface area contributed by atoms with Gasteiger partial charge >= 0.3 is 0 Å². The summed E-state index contributed by atoms with van der Waals surface area (Å²) < 4.78 is 5.50. The maximum absolute atomic E-state index is 12.1. The van der Waals surface area contributed by atoms with Gasteiger partial charge in [-0.25, -0.2) is 4.98 Å². The Morgan fingerprint density at radius 2 is 1.86 bits per heavy atom. The van der Waals surface area contributed by atoms with Crippen LogP contribution in [0, 0.1) is 10.1 Å². The number of thiazole rings is 1. The predicted octanol–water partition coefficient (Wildman–Crippen LogP) is 4.86. The first-order valence-corrected chi connectivity index (χ1v) is 9.53. The lowest BCUT2D eigenvalue weighted by molar-refractivity contribution is -0.384. The molecule has 0 fully saturated rings. The van der Waals surface area contributed by atoms with Crippen LogP contribution in [0.15, 0.2) is 53.9 Å². The number of carbonyl (C=O) groups is 1. The van der Waals surface area contributed by atoms with Gasteiger partial charge in [0.15, 0.2) is 11.7 Å². The van der Waals surface area contributed by atoms with Crippen molar-refractivity contribution in [2.24, 2.45) is 0 Å². The van der Waals surface area contributed by atoms with Gasteiger partial charge < -0.3 is 4.74 Å². The van der Waals surface area contributed by atoms with Crippen molar-refractivity contribution < 1.29 is 14.5 Å². The van der Waals surface area contributed by atoms with Crippen LogP contribution in [0.5, 0.6) is 5.75 Å². The third-order valence-corrected chi connectivity index (χ3v) is 4.80. The molecule has 1 heterocycles. The van der Waals surface area contributed by atoms with Gasteiger partial charge in [0.2, 0.25) is 0 Å². The van der Waals surface area contributed by atoms with Crippen molar-refractivity contribution in [2.75, 3.05) is 11.9 Å². The monoisotopic (exact) mass is 397 g/mol. The first-order valence-electron chi connectivity index (χ1n) is 8.65. The Labute approximate surface area is 166 Å². The van der Waals surface area contributed by atoms with Crippen molar-refractivity contribution in [3.8, 4) is 17.0 Å². The van der Waals surface area contributed by atoms with E-state index >= 15 is 0 Å². The maximum atomic E-state index is 12.1. The number of hydrogen-bond donors (Lipinski definition) is 1. The van der Waals surface area contributed by atoms with Crippen LogP contribution in [-0.2, 0) is 4.79 Å². The number of aromatic nitrogens is 1. The van der Waals surface area contributed by atoms with Crippen molar-refractivity contribution in [3.05, 3.63) is 69.6 Å². The zero-order chi connectivity index (χ0) is 20.1. The van der Waals surface area contributed by atoms with Gasteiger partial charge in [-0.1, -0.05) is 26.0 Å². The number of nitro groups is 1. The lowest BCUT2D eigenvalue weighted by atomic mass is 10.0. The molecule has 7 nitrogen and oxygen atoms in total. The number of amides is 1. The van der Waals surface area contributed by atoms with Crippen LogP contribution in [0.1, 0.15) is 25.3 Å². The van der Waals surface area contributed by atoms with Crippen LogP contribution in [0.3, 0.4) is 0 Å². The van der Waals surface area contributed by atoms with E-state index in [9.17, 15) is 14.9 Å². The van der Waals surface area contributed by atoms with Crippen molar-refractivity contribution in [1.29, 1.82) is 0 Å². The number of anilines is 1. The fourth-order valence-electron chi connectivity index (χ4n) is 2.47. The smallest absolute Gasteiger partial charge is 0.269 e. The predicted molar refractivity (Wildman–Crippen MR) is 109 cm³/mol. The molecule has 144 valence electrons. The third kappa shape index (κ3) is 4.92. The molecule has 0 radical (unpaired) electrons. The van der Waals surface area contributed by atoms with E-state index in [1.807, 2.05) is 24.3 Å². The Kier molecular flexibility index (Phi) is 6.00. The highest BCUT2D eigenvalue weighted by Crippen LogP contribution is 2.26. The number of carbonyl (C=O) groups excluding carboxylic acids is 1. The molecule has 0 aliphatic rings. The summed E-state index contributed by atoms with van der Waals surface area (Å²) in [5.74, 6) is 0.759. The van der Waals surface area contributed by atoms with Crippen molar-refractivity contribution in [1.82, 2.24) is 4.98 Å². The average Bonchev–Trinajstić information content (AvgIpc) is 3.15. The second-order valence-electron chi connectivity index (χ2n) is 6.40. The van der Waals surface area contributed by atoms with Gasteiger partial charge in [-0.2, -0.15) is 0 Å². The second-order valence-corrected chi connectivity index (χ2v) is 7.26. The lowest BCUT2D eigenvalue weighted by Gasteiger charge is -2.08. The largest absolute Gasteiger partial charge is 0.484 e. The quantitative estimate of drug-likeness (QED) is 0.454. The molecule has 8 heteroatoms. The van der Waals surface area contributed by atoms with Crippen LogP contribution < -0.4 is 10.1 Å². The summed E-state index contributed by atoms with van der Waals surface area (Å²) >= 11 is 1.28. The zero-order valence-corrected chi connectivity index (χ0v) is 16.2. The Hall–Kier alpha value is -3.26. The van der Waals surface area contributed by atoms with Crippen LogP contribution in [0.25, 0.3) is 11.3 Å². The van der Waals surface area contributed by atoms with E-state index in [1.165, 1.54) is 29.0 Å². The molecule has 0 saturated carbocycles. The molecule has 0 aliphatic carbocycles. The van der Waals surface area contributed by atoms with Gasteiger partial charge in [-0.3, -0.25) is 20.2 Å². The molecule has 1 amide bonds. The molecular formula is C20H19N3O4S. The van der Waals surface area contributed by atoms with E-state index in [0.717, 1.165) is 5.56 Å². The summed E-state index contributed by atoms with van der Waals surface area (Å²) in [7, 11) is 0. The van der Waals surface area contributed by atoms with Gasteiger partial charge in [-0.05, 0) is 35.7 Å². The average molecular weight is 397 g/mol. The van der Waals surface area contributed by atoms with Gasteiger partial charge in [0.1, 0.15) is 5.75 Å². The number of ether oxygens (including phenoxy) is 1. The van der Waals surface area contributed by atoms with Crippen LogP contribution in [-0.4, -0.2) is 22.4 Å². The third-order valence-electron chi connectivity index (χ3n) is 4.04. The van der Waals surface area contributed by atoms with Crippen molar-refractivity contribution in [3.63, 3.8) is 0 Å². The number of nitrogens with zero attached hydrogens (tertiary/aromatic N) is 2. The van der Waals surface area contributed by atoms with Gasteiger partial charge in [0, 0.05) is 23.1 Å². The molecule has 0 atom stereocenters. The minimum absolute atomic E-state index is 0.0195. The molecule has 1 aromatic heterocycles. The van der Waals surface area contributed by atoms with E-state index in [1.54, 1.807) is 17.5 Å². The fourth-order valence-corrected chi connectivity index (χ4v) is 3.21. The number of nitrogens with one attached hydrogen (secondary N) is 1. The van der Waals surface area contributed by atoms with Crippen LogP contribution >= 0.6 is 11.3 Å². The van der Waals surface area contributed by atoms with Crippen molar-refractivity contribution in [2.45, 2.75) is 19.8 Å². The van der Waals surface area contributed by atoms with E-state index in [0.29, 0.717) is 22.5 Å².